The SMILES string of the molecule is Cc1c(Br)cccc1Oc1ccc(N2CCC[C@H]2COS(C)(=O)=O)cc1. The van der Waals surface area contributed by atoms with Gasteiger partial charge in [-0.15, -0.1) is 0 Å². The van der Waals surface area contributed by atoms with Crippen LogP contribution in [-0.2, 0) is 14.3 Å². The molecule has 0 spiro atoms. The number of rotatable bonds is 6. The molecule has 1 heterocycles. The topological polar surface area (TPSA) is 55.8 Å². The summed E-state index contributed by atoms with van der Waals surface area (Å²) in [7, 11) is -3.42. The third-order valence-corrected chi connectivity index (χ3v) is 5.89. The Balaban J connectivity index is 1.69. The van der Waals surface area contributed by atoms with Crippen LogP contribution in [0.15, 0.2) is 46.9 Å². The fraction of sp³-hybridized carbons (Fsp3) is 0.368. The maximum Gasteiger partial charge on any atom is 0.264 e. The Morgan fingerprint density at radius 2 is 1.92 bits per heavy atom. The van der Waals surface area contributed by atoms with Gasteiger partial charge in [-0.05, 0) is 56.2 Å². The molecule has 0 bridgehead atoms. The third kappa shape index (κ3) is 4.78. The molecule has 140 valence electrons. The van der Waals surface area contributed by atoms with Crippen molar-refractivity contribution in [3.8, 4) is 11.5 Å². The zero-order chi connectivity index (χ0) is 18.7. The van der Waals surface area contributed by atoms with Crippen LogP contribution in [0.25, 0.3) is 0 Å². The molecule has 7 heteroatoms. The minimum Gasteiger partial charge on any atom is -0.457 e. The van der Waals surface area contributed by atoms with Gasteiger partial charge in [0.05, 0.1) is 18.9 Å². The van der Waals surface area contributed by atoms with Crippen molar-refractivity contribution in [2.45, 2.75) is 25.8 Å². The molecule has 0 unspecified atom stereocenters. The number of nitrogens with zero attached hydrogens (tertiary/aromatic N) is 1. The fourth-order valence-electron chi connectivity index (χ4n) is 3.08. The molecule has 0 amide bonds. The van der Waals surface area contributed by atoms with Gasteiger partial charge in [-0.25, -0.2) is 0 Å². The van der Waals surface area contributed by atoms with Crippen LogP contribution < -0.4 is 9.64 Å². The van der Waals surface area contributed by atoms with Gasteiger partial charge < -0.3 is 9.64 Å². The van der Waals surface area contributed by atoms with E-state index in [1.54, 1.807) is 0 Å². The van der Waals surface area contributed by atoms with E-state index in [4.69, 9.17) is 8.92 Å². The van der Waals surface area contributed by atoms with Crippen LogP contribution in [0.1, 0.15) is 18.4 Å². The molecule has 1 aliphatic heterocycles. The summed E-state index contributed by atoms with van der Waals surface area (Å²) in [6, 6.07) is 13.8. The normalized spacial score (nSPS) is 17.5. The summed E-state index contributed by atoms with van der Waals surface area (Å²) in [5, 5.41) is 0. The number of benzene rings is 2. The van der Waals surface area contributed by atoms with Crippen LogP contribution in [0.3, 0.4) is 0 Å². The summed E-state index contributed by atoms with van der Waals surface area (Å²) < 4.78 is 34.5. The van der Waals surface area contributed by atoms with E-state index in [0.29, 0.717) is 0 Å². The highest BCUT2D eigenvalue weighted by molar-refractivity contribution is 9.10. The predicted octanol–water partition coefficient (Wildman–Crippen LogP) is 4.49. The van der Waals surface area contributed by atoms with E-state index in [-0.39, 0.29) is 12.6 Å². The van der Waals surface area contributed by atoms with Crippen LogP contribution in [-0.4, -0.2) is 33.9 Å². The Morgan fingerprint density at radius 1 is 1.19 bits per heavy atom. The van der Waals surface area contributed by atoms with Crippen molar-refractivity contribution in [1.82, 2.24) is 0 Å². The summed E-state index contributed by atoms with van der Waals surface area (Å²) in [6.07, 6.45) is 3.03. The van der Waals surface area contributed by atoms with Crippen molar-refractivity contribution in [2.24, 2.45) is 0 Å². The molecular formula is C19H22BrNO4S. The van der Waals surface area contributed by atoms with Crippen LogP contribution in [0.4, 0.5) is 5.69 Å². The van der Waals surface area contributed by atoms with E-state index < -0.39 is 10.1 Å². The largest absolute Gasteiger partial charge is 0.457 e. The Kier molecular flexibility index (Phi) is 5.89. The van der Waals surface area contributed by atoms with E-state index in [1.165, 1.54) is 0 Å². The molecule has 0 aliphatic carbocycles. The fourth-order valence-corrected chi connectivity index (χ4v) is 3.83. The molecule has 0 aromatic heterocycles. The minimum absolute atomic E-state index is 0.0730. The first-order valence-corrected chi connectivity index (χ1v) is 11.1. The molecular weight excluding hydrogens is 418 g/mol. The number of hydrogen-bond acceptors (Lipinski definition) is 5. The summed E-state index contributed by atoms with van der Waals surface area (Å²) in [5.74, 6) is 1.57. The quantitative estimate of drug-likeness (QED) is 0.620. The van der Waals surface area contributed by atoms with E-state index in [9.17, 15) is 8.42 Å². The van der Waals surface area contributed by atoms with E-state index in [2.05, 4.69) is 20.8 Å². The van der Waals surface area contributed by atoms with Crippen molar-refractivity contribution in [2.75, 3.05) is 24.3 Å². The molecule has 5 nitrogen and oxygen atoms in total. The van der Waals surface area contributed by atoms with Gasteiger partial charge in [-0.2, -0.15) is 8.42 Å². The van der Waals surface area contributed by atoms with Crippen molar-refractivity contribution in [3.63, 3.8) is 0 Å². The molecule has 0 saturated carbocycles. The maximum absolute atomic E-state index is 11.2. The second-order valence-electron chi connectivity index (χ2n) is 6.44. The predicted molar refractivity (Wildman–Crippen MR) is 107 cm³/mol. The highest BCUT2D eigenvalue weighted by atomic mass is 79.9. The smallest absolute Gasteiger partial charge is 0.264 e. The second kappa shape index (κ2) is 7.98. The molecule has 2 aromatic carbocycles. The van der Waals surface area contributed by atoms with E-state index in [1.807, 2.05) is 49.4 Å². The third-order valence-electron chi connectivity index (χ3n) is 4.47. The maximum atomic E-state index is 11.2. The van der Waals surface area contributed by atoms with E-state index in [0.717, 1.165) is 52.9 Å². The zero-order valence-electron chi connectivity index (χ0n) is 14.8. The van der Waals surface area contributed by atoms with Crippen LogP contribution >= 0.6 is 15.9 Å². The van der Waals surface area contributed by atoms with Crippen molar-refractivity contribution in [3.05, 3.63) is 52.5 Å². The molecule has 1 saturated heterocycles. The van der Waals surface area contributed by atoms with Gasteiger partial charge in [0.1, 0.15) is 11.5 Å². The molecule has 1 fully saturated rings. The number of ether oxygens (including phenoxy) is 1. The first kappa shape index (κ1) is 19.2. The lowest BCUT2D eigenvalue weighted by molar-refractivity contribution is 0.295. The van der Waals surface area contributed by atoms with Gasteiger partial charge in [0.2, 0.25) is 0 Å². The number of halogens is 1. The summed E-state index contributed by atoms with van der Waals surface area (Å²) >= 11 is 3.51. The standard InChI is InChI=1S/C19H22BrNO4S/c1-14-18(20)6-3-7-19(14)25-17-10-8-15(9-11-17)21-12-4-5-16(21)13-24-26(2,22)23/h3,6-11,16H,4-5,12-13H2,1-2H3/t16-/m0/s1. The zero-order valence-corrected chi connectivity index (χ0v) is 17.2. The molecule has 0 N–H and O–H groups in total. The lowest BCUT2D eigenvalue weighted by atomic mass is 10.2. The lowest BCUT2D eigenvalue weighted by Gasteiger charge is -2.26. The van der Waals surface area contributed by atoms with Crippen molar-refractivity contribution in [1.29, 1.82) is 0 Å². The second-order valence-corrected chi connectivity index (χ2v) is 8.94. The molecule has 1 aliphatic rings. The lowest BCUT2D eigenvalue weighted by Crippen LogP contribution is -2.33. The monoisotopic (exact) mass is 439 g/mol. The minimum atomic E-state index is -3.42. The van der Waals surface area contributed by atoms with Gasteiger partial charge in [-0.3, -0.25) is 4.18 Å². The Morgan fingerprint density at radius 3 is 2.62 bits per heavy atom. The Bertz CT molecular complexity index is 868. The van der Waals surface area contributed by atoms with Gasteiger partial charge in [0.15, 0.2) is 0 Å². The van der Waals surface area contributed by atoms with Crippen molar-refractivity contribution < 1.29 is 17.3 Å². The van der Waals surface area contributed by atoms with Gasteiger partial charge >= 0.3 is 0 Å². The van der Waals surface area contributed by atoms with Crippen LogP contribution in [0, 0.1) is 6.92 Å². The highest BCUT2D eigenvalue weighted by Gasteiger charge is 2.26. The Labute approximate surface area is 163 Å². The first-order valence-electron chi connectivity index (χ1n) is 8.47. The van der Waals surface area contributed by atoms with E-state index >= 15 is 0 Å². The van der Waals surface area contributed by atoms with Gasteiger partial charge in [-0.1, -0.05) is 22.0 Å². The molecule has 2 aromatic rings. The molecule has 1 atom stereocenters. The number of anilines is 1. The van der Waals surface area contributed by atoms with Gasteiger partial charge in [0, 0.05) is 22.3 Å². The average Bonchev–Trinajstić information content (AvgIpc) is 3.06. The molecule has 26 heavy (non-hydrogen) atoms. The first-order chi connectivity index (χ1) is 12.3. The van der Waals surface area contributed by atoms with Crippen LogP contribution in [0.5, 0.6) is 11.5 Å². The summed E-state index contributed by atoms with van der Waals surface area (Å²) in [6.45, 7) is 3.08. The Hall–Kier alpha value is -1.57. The molecule has 3 rings (SSSR count). The highest BCUT2D eigenvalue weighted by Crippen LogP contribution is 2.32. The summed E-state index contributed by atoms with van der Waals surface area (Å²) in [5.41, 5.74) is 2.09. The average molecular weight is 440 g/mol. The van der Waals surface area contributed by atoms with Gasteiger partial charge in [0.25, 0.3) is 10.1 Å². The number of hydrogen-bond donors (Lipinski definition) is 0. The summed E-state index contributed by atoms with van der Waals surface area (Å²) in [4.78, 5) is 2.19. The van der Waals surface area contributed by atoms with Crippen molar-refractivity contribution >= 4 is 31.7 Å². The van der Waals surface area contributed by atoms with Crippen LogP contribution in [0.2, 0.25) is 0 Å². The molecule has 0 radical (unpaired) electrons.